The molecule has 1 aromatic rings. The highest BCUT2D eigenvalue weighted by Crippen LogP contribution is 2.17. The van der Waals surface area contributed by atoms with Crippen molar-refractivity contribution < 1.29 is 14.2 Å². The normalized spacial score (nSPS) is 12.5. The van der Waals surface area contributed by atoms with Crippen molar-refractivity contribution in [1.29, 1.82) is 0 Å². The molecule has 0 bridgehead atoms. The summed E-state index contributed by atoms with van der Waals surface area (Å²) in [7, 11) is 1.45. The molecule has 1 rings (SSSR count). The third-order valence-corrected chi connectivity index (χ3v) is 2.52. The Balaban J connectivity index is 2.30. The first-order valence-electron chi connectivity index (χ1n) is 5.84. The van der Waals surface area contributed by atoms with Crippen LogP contribution in [0, 0.1) is 5.82 Å². The van der Waals surface area contributed by atoms with E-state index in [4.69, 9.17) is 9.84 Å². The van der Waals surface area contributed by atoms with Crippen molar-refractivity contribution in [2.45, 2.75) is 32.4 Å². The second-order valence-corrected chi connectivity index (χ2v) is 4.14. The number of hydrogen-bond donors (Lipinski definition) is 2. The highest BCUT2D eigenvalue weighted by atomic mass is 19.1. The minimum Gasteiger partial charge on any atom is -0.494 e. The van der Waals surface area contributed by atoms with Crippen LogP contribution in [0.1, 0.15) is 25.3 Å². The molecule has 17 heavy (non-hydrogen) atoms. The highest BCUT2D eigenvalue weighted by Gasteiger charge is 2.03. The maximum atomic E-state index is 13.3. The van der Waals surface area contributed by atoms with Crippen LogP contribution in [0.2, 0.25) is 0 Å². The fourth-order valence-corrected chi connectivity index (χ4v) is 1.58. The average Bonchev–Trinajstić information content (AvgIpc) is 2.28. The number of aliphatic hydroxyl groups excluding tert-OH is 1. The van der Waals surface area contributed by atoms with Gasteiger partial charge in [-0.05, 0) is 44.0 Å². The lowest BCUT2D eigenvalue weighted by Crippen LogP contribution is -2.16. The molecule has 0 spiro atoms. The fraction of sp³-hybridized carbons (Fsp3) is 0.538. The molecule has 4 heteroatoms. The molecule has 96 valence electrons. The summed E-state index contributed by atoms with van der Waals surface area (Å²) in [6.45, 7) is 3.22. The molecule has 0 saturated carbocycles. The molecular formula is C13H20FNO2. The van der Waals surface area contributed by atoms with Gasteiger partial charge in [0.05, 0.1) is 13.2 Å². The van der Waals surface area contributed by atoms with Gasteiger partial charge in [-0.1, -0.05) is 6.07 Å². The summed E-state index contributed by atoms with van der Waals surface area (Å²) < 4.78 is 18.2. The van der Waals surface area contributed by atoms with Gasteiger partial charge in [0.25, 0.3) is 0 Å². The molecule has 3 nitrogen and oxygen atoms in total. The molecule has 1 unspecified atom stereocenters. The van der Waals surface area contributed by atoms with Crippen LogP contribution in [0.25, 0.3) is 0 Å². The van der Waals surface area contributed by atoms with Crippen molar-refractivity contribution in [3.8, 4) is 5.75 Å². The van der Waals surface area contributed by atoms with Crippen LogP contribution in [-0.4, -0.2) is 24.9 Å². The SMILES string of the molecule is COc1ccc(CNCCCC(C)O)cc1F. The van der Waals surface area contributed by atoms with E-state index in [2.05, 4.69) is 5.32 Å². The summed E-state index contributed by atoms with van der Waals surface area (Å²) >= 11 is 0. The van der Waals surface area contributed by atoms with Crippen LogP contribution < -0.4 is 10.1 Å². The van der Waals surface area contributed by atoms with E-state index in [1.54, 1.807) is 13.0 Å². The zero-order valence-corrected chi connectivity index (χ0v) is 10.4. The molecule has 0 heterocycles. The van der Waals surface area contributed by atoms with E-state index in [1.165, 1.54) is 13.2 Å². The topological polar surface area (TPSA) is 41.5 Å². The second kappa shape index (κ2) is 7.25. The molecule has 1 atom stereocenters. The quantitative estimate of drug-likeness (QED) is 0.718. The largest absolute Gasteiger partial charge is 0.494 e. The first-order valence-corrected chi connectivity index (χ1v) is 5.84. The zero-order chi connectivity index (χ0) is 12.7. The number of rotatable bonds is 7. The number of methoxy groups -OCH3 is 1. The van der Waals surface area contributed by atoms with Gasteiger partial charge in [-0.2, -0.15) is 0 Å². The first-order chi connectivity index (χ1) is 8.13. The predicted molar refractivity (Wildman–Crippen MR) is 65.6 cm³/mol. The van der Waals surface area contributed by atoms with E-state index < -0.39 is 0 Å². The standard InChI is InChI=1S/C13H20FNO2/c1-10(16)4-3-7-15-9-11-5-6-13(17-2)12(14)8-11/h5-6,8,10,15-16H,3-4,7,9H2,1-2H3. The Morgan fingerprint density at radius 1 is 1.47 bits per heavy atom. The maximum absolute atomic E-state index is 13.3. The molecule has 0 aromatic heterocycles. The third kappa shape index (κ3) is 5.15. The van der Waals surface area contributed by atoms with Crippen LogP contribution in [-0.2, 0) is 6.54 Å². The van der Waals surface area contributed by atoms with Gasteiger partial charge < -0.3 is 15.2 Å². The van der Waals surface area contributed by atoms with E-state index in [0.29, 0.717) is 6.54 Å². The Kier molecular flexibility index (Phi) is 5.94. The molecule has 0 fully saturated rings. The average molecular weight is 241 g/mol. The van der Waals surface area contributed by atoms with Gasteiger partial charge in [0.15, 0.2) is 11.6 Å². The number of benzene rings is 1. The second-order valence-electron chi connectivity index (χ2n) is 4.14. The highest BCUT2D eigenvalue weighted by molar-refractivity contribution is 5.29. The monoisotopic (exact) mass is 241 g/mol. The lowest BCUT2D eigenvalue weighted by atomic mass is 10.2. The number of ether oxygens (including phenoxy) is 1. The van der Waals surface area contributed by atoms with E-state index in [0.717, 1.165) is 24.9 Å². The van der Waals surface area contributed by atoms with Crippen LogP contribution in [0.15, 0.2) is 18.2 Å². The Labute approximate surface area is 102 Å². The molecule has 0 saturated heterocycles. The Morgan fingerprint density at radius 2 is 2.24 bits per heavy atom. The van der Waals surface area contributed by atoms with Gasteiger partial charge in [0.2, 0.25) is 0 Å². The third-order valence-electron chi connectivity index (χ3n) is 2.52. The summed E-state index contributed by atoms with van der Waals surface area (Å²) in [6, 6.07) is 4.94. The van der Waals surface area contributed by atoms with E-state index in [1.807, 2.05) is 6.07 Å². The summed E-state index contributed by atoms with van der Waals surface area (Å²) in [5.74, 6) is -0.0707. The maximum Gasteiger partial charge on any atom is 0.165 e. The van der Waals surface area contributed by atoms with Crippen LogP contribution in [0.4, 0.5) is 4.39 Å². The Bertz CT molecular complexity index is 342. The molecule has 0 aliphatic rings. The summed E-state index contributed by atoms with van der Waals surface area (Å²) in [5, 5.41) is 12.3. The van der Waals surface area contributed by atoms with Crippen LogP contribution in [0.5, 0.6) is 5.75 Å². The first kappa shape index (κ1) is 13.9. The predicted octanol–water partition coefficient (Wildman–Crippen LogP) is 2.08. The van der Waals surface area contributed by atoms with Gasteiger partial charge in [-0.3, -0.25) is 0 Å². The van der Waals surface area contributed by atoms with Crippen LogP contribution in [0.3, 0.4) is 0 Å². The van der Waals surface area contributed by atoms with Crippen LogP contribution >= 0.6 is 0 Å². The van der Waals surface area contributed by atoms with Gasteiger partial charge in [0.1, 0.15) is 0 Å². The minimum absolute atomic E-state index is 0.254. The molecular weight excluding hydrogens is 221 g/mol. The lowest BCUT2D eigenvalue weighted by molar-refractivity contribution is 0.181. The fourth-order valence-electron chi connectivity index (χ4n) is 1.58. The number of hydrogen-bond acceptors (Lipinski definition) is 3. The minimum atomic E-state index is -0.337. The van der Waals surface area contributed by atoms with Crippen molar-refractivity contribution in [3.05, 3.63) is 29.6 Å². The van der Waals surface area contributed by atoms with E-state index in [9.17, 15) is 4.39 Å². The number of halogens is 1. The molecule has 0 radical (unpaired) electrons. The lowest BCUT2D eigenvalue weighted by Gasteiger charge is -2.07. The summed E-state index contributed by atoms with van der Waals surface area (Å²) in [5.41, 5.74) is 0.889. The van der Waals surface area contributed by atoms with Gasteiger partial charge >= 0.3 is 0 Å². The van der Waals surface area contributed by atoms with E-state index >= 15 is 0 Å². The molecule has 2 N–H and O–H groups in total. The van der Waals surface area contributed by atoms with Crippen molar-refractivity contribution in [2.75, 3.05) is 13.7 Å². The van der Waals surface area contributed by atoms with Crippen molar-refractivity contribution in [3.63, 3.8) is 0 Å². The van der Waals surface area contributed by atoms with Gasteiger partial charge in [-0.15, -0.1) is 0 Å². The smallest absolute Gasteiger partial charge is 0.165 e. The number of aliphatic hydroxyl groups is 1. The van der Waals surface area contributed by atoms with Gasteiger partial charge in [0, 0.05) is 6.54 Å². The Hall–Kier alpha value is -1.13. The van der Waals surface area contributed by atoms with Crippen molar-refractivity contribution >= 4 is 0 Å². The molecule has 0 aliphatic heterocycles. The number of nitrogens with one attached hydrogen (secondary N) is 1. The zero-order valence-electron chi connectivity index (χ0n) is 10.4. The van der Waals surface area contributed by atoms with Gasteiger partial charge in [-0.25, -0.2) is 4.39 Å². The summed E-state index contributed by atoms with van der Waals surface area (Å²) in [4.78, 5) is 0. The summed E-state index contributed by atoms with van der Waals surface area (Å²) in [6.07, 6.45) is 1.44. The molecule has 0 amide bonds. The molecule has 1 aromatic carbocycles. The molecule has 0 aliphatic carbocycles. The Morgan fingerprint density at radius 3 is 2.82 bits per heavy atom. The van der Waals surface area contributed by atoms with Crippen molar-refractivity contribution in [1.82, 2.24) is 5.32 Å². The van der Waals surface area contributed by atoms with Crippen molar-refractivity contribution in [2.24, 2.45) is 0 Å². The van der Waals surface area contributed by atoms with E-state index in [-0.39, 0.29) is 17.7 Å².